The molecule has 0 fully saturated rings. The fourth-order valence-electron chi connectivity index (χ4n) is 3.23. The van der Waals surface area contributed by atoms with E-state index in [2.05, 4.69) is 61.6 Å². The third-order valence-corrected chi connectivity index (χ3v) is 4.68. The van der Waals surface area contributed by atoms with Gasteiger partial charge in [0.25, 0.3) is 0 Å². The average molecular weight is 353 g/mol. The number of nitrogens with zero attached hydrogens (tertiary/aromatic N) is 3. The zero-order chi connectivity index (χ0) is 18.8. The third-order valence-electron chi connectivity index (χ3n) is 4.68. The monoisotopic (exact) mass is 353 g/mol. The maximum atomic E-state index is 5.57. The fourth-order valence-corrected chi connectivity index (χ4v) is 3.23. The Hall–Kier alpha value is -2.40. The van der Waals surface area contributed by atoms with Crippen LogP contribution >= 0.6 is 0 Å². The van der Waals surface area contributed by atoms with Crippen LogP contribution in [-0.4, -0.2) is 35.4 Å². The van der Waals surface area contributed by atoms with Gasteiger partial charge in [0.05, 0.1) is 36.0 Å². The van der Waals surface area contributed by atoms with Crippen molar-refractivity contribution in [3.05, 3.63) is 41.2 Å². The minimum atomic E-state index is 0.353. The van der Waals surface area contributed by atoms with Crippen molar-refractivity contribution in [2.75, 3.05) is 20.8 Å². The van der Waals surface area contributed by atoms with E-state index in [1.165, 1.54) is 0 Å². The topological polar surface area (TPSA) is 49.2 Å². The standard InChI is InChI=1S/C21H27N3O2/c1-13(2)17-8-7-16(21(22-17)26-6)19-14(3)11-18-20(23-19)15(4)12-24(18)9-10-25-5/h7-8,11-13H,9-10H2,1-6H3. The first-order valence-corrected chi connectivity index (χ1v) is 8.97. The first kappa shape index (κ1) is 18.4. The van der Waals surface area contributed by atoms with Crippen LogP contribution in [0.15, 0.2) is 24.4 Å². The highest BCUT2D eigenvalue weighted by molar-refractivity contribution is 5.85. The summed E-state index contributed by atoms with van der Waals surface area (Å²) in [5.41, 5.74) is 7.27. The number of aromatic nitrogens is 3. The van der Waals surface area contributed by atoms with Crippen molar-refractivity contribution in [3.63, 3.8) is 0 Å². The van der Waals surface area contributed by atoms with Crippen LogP contribution in [0.3, 0.4) is 0 Å². The van der Waals surface area contributed by atoms with Crippen molar-refractivity contribution < 1.29 is 9.47 Å². The molecule has 0 radical (unpaired) electrons. The second-order valence-electron chi connectivity index (χ2n) is 6.97. The Bertz CT molecular complexity index is 929. The van der Waals surface area contributed by atoms with E-state index in [1.807, 2.05) is 0 Å². The fraction of sp³-hybridized carbons (Fsp3) is 0.429. The Kier molecular flexibility index (Phi) is 5.28. The number of ether oxygens (including phenoxy) is 2. The first-order valence-electron chi connectivity index (χ1n) is 8.97. The highest BCUT2D eigenvalue weighted by atomic mass is 16.5. The van der Waals surface area contributed by atoms with Crippen LogP contribution in [0.25, 0.3) is 22.3 Å². The minimum Gasteiger partial charge on any atom is -0.480 e. The van der Waals surface area contributed by atoms with Gasteiger partial charge >= 0.3 is 0 Å². The molecule has 138 valence electrons. The summed E-state index contributed by atoms with van der Waals surface area (Å²) in [6, 6.07) is 6.32. The van der Waals surface area contributed by atoms with Gasteiger partial charge in [0.1, 0.15) is 0 Å². The van der Waals surface area contributed by atoms with Gasteiger partial charge in [0.2, 0.25) is 5.88 Å². The second-order valence-corrected chi connectivity index (χ2v) is 6.97. The van der Waals surface area contributed by atoms with Crippen LogP contribution in [0.5, 0.6) is 5.88 Å². The van der Waals surface area contributed by atoms with E-state index in [0.717, 1.165) is 45.7 Å². The molecule has 0 aliphatic rings. The normalized spacial score (nSPS) is 11.5. The number of aryl methyl sites for hydroxylation is 2. The van der Waals surface area contributed by atoms with Crippen molar-refractivity contribution in [3.8, 4) is 17.1 Å². The molecule has 0 saturated heterocycles. The molecule has 3 aromatic rings. The smallest absolute Gasteiger partial charge is 0.222 e. The lowest BCUT2D eigenvalue weighted by atomic mass is 10.0. The van der Waals surface area contributed by atoms with Crippen molar-refractivity contribution in [1.29, 1.82) is 0 Å². The molecule has 0 saturated carbocycles. The second kappa shape index (κ2) is 7.46. The summed E-state index contributed by atoms with van der Waals surface area (Å²) in [7, 11) is 3.39. The Labute approximate surface area is 155 Å². The van der Waals surface area contributed by atoms with Crippen molar-refractivity contribution in [2.24, 2.45) is 0 Å². The van der Waals surface area contributed by atoms with E-state index in [0.29, 0.717) is 18.4 Å². The summed E-state index contributed by atoms with van der Waals surface area (Å²) in [5, 5.41) is 0. The third kappa shape index (κ3) is 3.31. The number of fused-ring (bicyclic) bond motifs is 1. The molecule has 0 amide bonds. The lowest BCUT2D eigenvalue weighted by Crippen LogP contribution is -2.03. The predicted octanol–water partition coefficient (Wildman–Crippen LogP) is 4.49. The van der Waals surface area contributed by atoms with E-state index in [4.69, 9.17) is 14.5 Å². The lowest BCUT2D eigenvalue weighted by Gasteiger charge is -2.13. The maximum absolute atomic E-state index is 5.57. The molecule has 5 nitrogen and oxygen atoms in total. The van der Waals surface area contributed by atoms with Crippen LogP contribution in [0.4, 0.5) is 0 Å². The number of methoxy groups -OCH3 is 2. The van der Waals surface area contributed by atoms with Gasteiger partial charge in [-0.3, -0.25) is 0 Å². The number of pyridine rings is 2. The summed E-state index contributed by atoms with van der Waals surface area (Å²) >= 11 is 0. The maximum Gasteiger partial charge on any atom is 0.222 e. The summed E-state index contributed by atoms with van der Waals surface area (Å²) in [6.07, 6.45) is 2.14. The molecule has 0 unspecified atom stereocenters. The predicted molar refractivity (Wildman–Crippen MR) is 105 cm³/mol. The van der Waals surface area contributed by atoms with Gasteiger partial charge in [-0.05, 0) is 49.1 Å². The Balaban J connectivity index is 2.14. The van der Waals surface area contributed by atoms with Crippen LogP contribution in [0.2, 0.25) is 0 Å². The van der Waals surface area contributed by atoms with Gasteiger partial charge in [0, 0.05) is 25.5 Å². The highest BCUT2D eigenvalue weighted by Gasteiger charge is 2.17. The van der Waals surface area contributed by atoms with Crippen LogP contribution < -0.4 is 4.74 Å². The zero-order valence-electron chi connectivity index (χ0n) is 16.5. The molecule has 3 rings (SSSR count). The van der Waals surface area contributed by atoms with E-state index < -0.39 is 0 Å². The first-order chi connectivity index (χ1) is 12.5. The van der Waals surface area contributed by atoms with Gasteiger partial charge in [-0.1, -0.05) is 13.8 Å². The summed E-state index contributed by atoms with van der Waals surface area (Å²) in [4.78, 5) is 9.65. The minimum absolute atomic E-state index is 0.353. The number of hydrogen-bond donors (Lipinski definition) is 0. The summed E-state index contributed by atoms with van der Waals surface area (Å²) in [6.45, 7) is 9.93. The molecule has 0 aliphatic heterocycles. The van der Waals surface area contributed by atoms with E-state index in [1.54, 1.807) is 14.2 Å². The SMILES string of the molecule is COCCn1cc(C)c2nc(-c3ccc(C(C)C)nc3OC)c(C)cc21. The molecule has 0 bridgehead atoms. The number of rotatable bonds is 6. The quantitative estimate of drug-likeness (QED) is 0.655. The molecular weight excluding hydrogens is 326 g/mol. The highest BCUT2D eigenvalue weighted by Crippen LogP contribution is 2.33. The van der Waals surface area contributed by atoms with E-state index >= 15 is 0 Å². The Morgan fingerprint density at radius 3 is 2.50 bits per heavy atom. The Morgan fingerprint density at radius 1 is 1.08 bits per heavy atom. The van der Waals surface area contributed by atoms with E-state index in [-0.39, 0.29) is 0 Å². The van der Waals surface area contributed by atoms with Gasteiger partial charge in [-0.25, -0.2) is 9.97 Å². The van der Waals surface area contributed by atoms with Gasteiger partial charge in [-0.2, -0.15) is 0 Å². The van der Waals surface area contributed by atoms with Crippen LogP contribution in [0, 0.1) is 13.8 Å². The largest absolute Gasteiger partial charge is 0.480 e. The molecule has 0 aliphatic carbocycles. The molecule has 3 heterocycles. The van der Waals surface area contributed by atoms with Crippen molar-refractivity contribution in [1.82, 2.24) is 14.5 Å². The van der Waals surface area contributed by atoms with Gasteiger partial charge in [0.15, 0.2) is 0 Å². The van der Waals surface area contributed by atoms with Crippen molar-refractivity contribution >= 4 is 11.0 Å². The van der Waals surface area contributed by atoms with Gasteiger partial charge < -0.3 is 14.0 Å². The average Bonchev–Trinajstić information content (AvgIpc) is 2.93. The van der Waals surface area contributed by atoms with Crippen LogP contribution in [0.1, 0.15) is 36.6 Å². The molecular formula is C21H27N3O2. The van der Waals surface area contributed by atoms with E-state index in [9.17, 15) is 0 Å². The molecule has 0 spiro atoms. The molecule has 0 N–H and O–H groups in total. The zero-order valence-corrected chi connectivity index (χ0v) is 16.5. The van der Waals surface area contributed by atoms with Gasteiger partial charge in [-0.15, -0.1) is 0 Å². The summed E-state index contributed by atoms with van der Waals surface area (Å²) < 4.78 is 13.0. The molecule has 5 heteroatoms. The molecule has 26 heavy (non-hydrogen) atoms. The van der Waals surface area contributed by atoms with Crippen LogP contribution in [-0.2, 0) is 11.3 Å². The molecule has 0 atom stereocenters. The molecule has 0 aromatic carbocycles. The lowest BCUT2D eigenvalue weighted by molar-refractivity contribution is 0.188. The number of hydrogen-bond acceptors (Lipinski definition) is 4. The van der Waals surface area contributed by atoms with Crippen molar-refractivity contribution in [2.45, 2.75) is 40.2 Å². The molecule has 3 aromatic heterocycles. The Morgan fingerprint density at radius 2 is 1.85 bits per heavy atom. The summed E-state index contributed by atoms with van der Waals surface area (Å²) in [5.74, 6) is 0.981.